The molecule has 0 aliphatic heterocycles. The predicted octanol–water partition coefficient (Wildman–Crippen LogP) is -4.23. The van der Waals surface area contributed by atoms with Crippen LogP contribution in [0.5, 0.6) is 0 Å². The van der Waals surface area contributed by atoms with Crippen molar-refractivity contribution in [2.75, 3.05) is 0 Å². The number of nitrogens with one attached hydrogen (secondary N) is 2. The first-order valence-corrected chi connectivity index (χ1v) is 2.95. The van der Waals surface area contributed by atoms with Crippen molar-refractivity contribution in [3.8, 4) is 0 Å². The molecule has 0 aliphatic carbocycles. The van der Waals surface area contributed by atoms with E-state index in [0.29, 0.717) is 0 Å². The molecule has 1 heterocycles. The first-order valence-electron chi connectivity index (χ1n) is 2.95. The fourth-order valence-corrected chi connectivity index (χ4v) is 0.702. The lowest BCUT2D eigenvalue weighted by molar-refractivity contribution is -0.379. The second-order valence-corrected chi connectivity index (χ2v) is 2.12. The monoisotopic (exact) mass is 191 g/mol. The van der Waals surface area contributed by atoms with Gasteiger partial charge < -0.3 is 15.3 Å². The zero-order valence-corrected chi connectivity index (χ0v) is 6.01. The predicted molar refractivity (Wildman–Crippen MR) is 36.6 cm³/mol. The van der Waals surface area contributed by atoms with Crippen molar-refractivity contribution in [1.29, 1.82) is 0 Å². The van der Waals surface area contributed by atoms with Crippen LogP contribution in [-0.4, -0.2) is 29.9 Å². The van der Waals surface area contributed by atoms with Gasteiger partial charge in [0.1, 0.15) is 0 Å². The lowest BCUT2D eigenvalue weighted by Crippen LogP contribution is -2.53. The van der Waals surface area contributed by atoms with E-state index in [1.165, 1.54) is 9.97 Å². The number of nitrogens with zero attached hydrogens (tertiary/aromatic N) is 1. The van der Waals surface area contributed by atoms with Crippen LogP contribution in [0.3, 0.4) is 0 Å². The first-order chi connectivity index (χ1) is 5.82. The van der Waals surface area contributed by atoms with Crippen LogP contribution in [-0.2, 0) is 6.10 Å². The molecule has 0 spiro atoms. The molecule has 1 aromatic rings. The van der Waals surface area contributed by atoms with Crippen LogP contribution < -0.4 is 17.1 Å². The maximum atomic E-state index is 10.7. The van der Waals surface area contributed by atoms with Gasteiger partial charge in [-0.05, 0) is 0 Å². The first kappa shape index (κ1) is 9.38. The number of hydrogen-bond acceptors (Lipinski definition) is 6. The molecule has 0 aromatic carbocycles. The molecule has 0 atom stereocenters. The Balaban J connectivity index is 3.67. The molecule has 0 radical (unpaired) electrons. The van der Waals surface area contributed by atoms with Crippen molar-refractivity contribution in [3.05, 3.63) is 31.5 Å². The second-order valence-electron chi connectivity index (χ2n) is 2.12. The van der Waals surface area contributed by atoms with E-state index in [9.17, 15) is 14.4 Å². The molecule has 0 amide bonds. The Labute approximate surface area is 68.5 Å². The maximum absolute atomic E-state index is 10.7. The Morgan fingerprint density at radius 1 is 1.00 bits per heavy atom. The summed E-state index contributed by atoms with van der Waals surface area (Å²) in [5, 5.41) is 25.4. The van der Waals surface area contributed by atoms with E-state index in [1.807, 2.05) is 0 Å². The van der Waals surface area contributed by atoms with E-state index >= 15 is 0 Å². The van der Waals surface area contributed by atoms with Crippen LogP contribution >= 0.6 is 0 Å². The quantitative estimate of drug-likeness (QED) is 0.284. The summed E-state index contributed by atoms with van der Waals surface area (Å²) >= 11 is 0. The molecule has 0 bridgehead atoms. The Kier molecular flexibility index (Phi) is 1.92. The summed E-state index contributed by atoms with van der Waals surface area (Å²) in [4.78, 5) is 34.9. The fraction of sp³-hybridized carbons (Fsp3) is 0.250. The highest BCUT2D eigenvalue weighted by molar-refractivity contribution is 4.70. The zero-order chi connectivity index (χ0) is 10.2. The summed E-state index contributed by atoms with van der Waals surface area (Å²) in [6.07, 6.45) is -3.64. The summed E-state index contributed by atoms with van der Waals surface area (Å²) in [6.45, 7) is 0. The third kappa shape index (κ3) is 1.72. The van der Waals surface area contributed by atoms with Gasteiger partial charge in [0, 0.05) is 0 Å². The van der Waals surface area contributed by atoms with Crippen LogP contribution in [0.4, 0.5) is 0 Å². The molecular weight excluding hydrogens is 186 g/mol. The standard InChI is InChI=1S/C4H5N3O6/c8-1-5-2(9)7(3(10)6-1)4(11,12)13/h11-13H,(H2,5,6,8,9,10). The normalized spacial score (nSPS) is 11.6. The van der Waals surface area contributed by atoms with Crippen LogP contribution in [0, 0.1) is 0 Å². The van der Waals surface area contributed by atoms with E-state index < -0.39 is 23.2 Å². The van der Waals surface area contributed by atoms with Crippen LogP contribution in [0.2, 0.25) is 0 Å². The van der Waals surface area contributed by atoms with Gasteiger partial charge >= 0.3 is 23.2 Å². The van der Waals surface area contributed by atoms with Crippen molar-refractivity contribution < 1.29 is 15.3 Å². The zero-order valence-electron chi connectivity index (χ0n) is 6.01. The van der Waals surface area contributed by atoms with Gasteiger partial charge in [0.2, 0.25) is 0 Å². The molecule has 0 saturated heterocycles. The van der Waals surface area contributed by atoms with Gasteiger partial charge in [0.05, 0.1) is 0 Å². The van der Waals surface area contributed by atoms with Crippen molar-refractivity contribution >= 4 is 0 Å². The van der Waals surface area contributed by atoms with Gasteiger partial charge in [0.25, 0.3) is 0 Å². The van der Waals surface area contributed by atoms with Crippen LogP contribution in [0.1, 0.15) is 0 Å². The minimum atomic E-state index is -3.64. The molecule has 9 nitrogen and oxygen atoms in total. The largest absolute Gasteiger partial charge is 0.381 e. The second kappa shape index (κ2) is 2.65. The third-order valence-corrected chi connectivity index (χ3v) is 1.15. The molecule has 0 saturated carbocycles. The summed E-state index contributed by atoms with van der Waals surface area (Å²) in [5.41, 5.74) is -4.00. The molecule has 0 aliphatic rings. The smallest absolute Gasteiger partial charge is 0.325 e. The molecule has 72 valence electrons. The number of aliphatic hydroxyl groups is 3. The molecule has 0 fully saturated rings. The number of rotatable bonds is 1. The average Bonchev–Trinajstić information content (AvgIpc) is 1.78. The van der Waals surface area contributed by atoms with Crippen LogP contribution in [0.25, 0.3) is 0 Å². The lowest BCUT2D eigenvalue weighted by atomic mass is 10.8. The van der Waals surface area contributed by atoms with Crippen LogP contribution in [0.15, 0.2) is 14.4 Å². The number of hydrogen-bond donors (Lipinski definition) is 5. The Hall–Kier alpha value is -1.71. The van der Waals surface area contributed by atoms with Gasteiger partial charge in [-0.25, -0.2) is 14.4 Å². The Bertz CT molecular complexity index is 438. The maximum Gasteiger partial charge on any atom is 0.381 e. The van der Waals surface area contributed by atoms with Gasteiger partial charge in [-0.3, -0.25) is 9.97 Å². The van der Waals surface area contributed by atoms with E-state index in [0.717, 1.165) is 0 Å². The molecule has 13 heavy (non-hydrogen) atoms. The average molecular weight is 191 g/mol. The number of aromatic nitrogens is 3. The van der Waals surface area contributed by atoms with Crippen molar-refractivity contribution in [2.45, 2.75) is 6.10 Å². The molecule has 5 N–H and O–H groups in total. The highest BCUT2D eigenvalue weighted by atomic mass is 16.7. The summed E-state index contributed by atoms with van der Waals surface area (Å²) in [6, 6.07) is 0. The third-order valence-electron chi connectivity index (χ3n) is 1.15. The van der Waals surface area contributed by atoms with E-state index in [2.05, 4.69) is 0 Å². The van der Waals surface area contributed by atoms with E-state index in [4.69, 9.17) is 15.3 Å². The fourth-order valence-electron chi connectivity index (χ4n) is 0.702. The van der Waals surface area contributed by atoms with Crippen molar-refractivity contribution in [3.63, 3.8) is 0 Å². The summed E-state index contributed by atoms with van der Waals surface area (Å²) < 4.78 is -0.381. The van der Waals surface area contributed by atoms with Crippen molar-refractivity contribution in [2.24, 2.45) is 0 Å². The Morgan fingerprint density at radius 3 is 1.69 bits per heavy atom. The highest BCUT2D eigenvalue weighted by Gasteiger charge is 2.26. The molecule has 9 heteroatoms. The minimum Gasteiger partial charge on any atom is -0.325 e. The van der Waals surface area contributed by atoms with Gasteiger partial charge in [0.15, 0.2) is 0 Å². The topological polar surface area (TPSA) is 148 Å². The molecule has 1 rings (SSSR count). The number of aromatic amines is 2. The van der Waals surface area contributed by atoms with Crippen molar-refractivity contribution in [1.82, 2.24) is 14.5 Å². The lowest BCUT2D eigenvalue weighted by Gasteiger charge is -2.13. The molecule has 0 unspecified atom stereocenters. The van der Waals surface area contributed by atoms with E-state index in [1.54, 1.807) is 0 Å². The summed E-state index contributed by atoms with van der Waals surface area (Å²) in [5.74, 6) is 0. The van der Waals surface area contributed by atoms with E-state index in [-0.39, 0.29) is 4.57 Å². The molecule has 1 aromatic heterocycles. The van der Waals surface area contributed by atoms with Gasteiger partial charge in [-0.2, -0.15) is 4.57 Å². The Morgan fingerprint density at radius 2 is 1.38 bits per heavy atom. The SMILES string of the molecule is O=c1[nH]c(=O)n(C(O)(O)O)c(=O)[nH]1. The summed E-state index contributed by atoms with van der Waals surface area (Å²) in [7, 11) is 0. The number of H-pyrrole nitrogens is 2. The van der Waals surface area contributed by atoms with Gasteiger partial charge in [-0.1, -0.05) is 0 Å². The highest BCUT2D eigenvalue weighted by Crippen LogP contribution is 1.91. The minimum absolute atomic E-state index is 0.381. The van der Waals surface area contributed by atoms with Gasteiger partial charge in [-0.15, -0.1) is 0 Å². The molecular formula is C4H5N3O6.